The number of nitrogens with one attached hydrogen (secondary N) is 1. The highest BCUT2D eigenvalue weighted by Crippen LogP contribution is 2.19. The molecule has 1 saturated heterocycles. The molecular weight excluding hydrogens is 220 g/mol. The first kappa shape index (κ1) is 14.0. The normalized spacial score (nSPS) is 21.1. The highest BCUT2D eigenvalue weighted by molar-refractivity contribution is 5.78. The molecule has 1 atom stereocenters. The average molecular weight is 242 g/mol. The second-order valence-electron chi connectivity index (χ2n) is 4.57. The van der Waals surface area contributed by atoms with Crippen LogP contribution in [-0.4, -0.2) is 47.6 Å². The molecule has 17 heavy (non-hydrogen) atoms. The summed E-state index contributed by atoms with van der Waals surface area (Å²) in [6.07, 6.45) is 4.06. The van der Waals surface area contributed by atoms with Crippen molar-refractivity contribution in [3.63, 3.8) is 0 Å². The average Bonchev–Trinajstić information content (AvgIpc) is 2.28. The Labute approximate surface area is 102 Å². The molecule has 5 heteroatoms. The number of carbonyl (C=O) groups excluding carboxylic acids is 1. The van der Waals surface area contributed by atoms with E-state index in [0.717, 1.165) is 32.2 Å². The zero-order valence-corrected chi connectivity index (χ0v) is 10.4. The maximum Gasteiger partial charge on any atom is 0.304 e. The topological polar surface area (TPSA) is 69.6 Å². The third-order valence-electron chi connectivity index (χ3n) is 3.08. The monoisotopic (exact) mass is 242 g/mol. The SMILES string of the molecule is CCCNC(=O)CN1CCCCC1CC(=O)O. The minimum atomic E-state index is -0.782. The van der Waals surface area contributed by atoms with Gasteiger partial charge < -0.3 is 10.4 Å². The fraction of sp³-hybridized carbons (Fsp3) is 0.833. The van der Waals surface area contributed by atoms with Gasteiger partial charge in [0.05, 0.1) is 13.0 Å². The van der Waals surface area contributed by atoms with Crippen molar-refractivity contribution in [1.82, 2.24) is 10.2 Å². The zero-order valence-electron chi connectivity index (χ0n) is 10.4. The van der Waals surface area contributed by atoms with E-state index in [9.17, 15) is 9.59 Å². The van der Waals surface area contributed by atoms with E-state index in [2.05, 4.69) is 5.32 Å². The van der Waals surface area contributed by atoms with E-state index in [1.807, 2.05) is 11.8 Å². The van der Waals surface area contributed by atoms with Gasteiger partial charge in [0.25, 0.3) is 0 Å². The molecule has 2 N–H and O–H groups in total. The van der Waals surface area contributed by atoms with Crippen molar-refractivity contribution in [3.05, 3.63) is 0 Å². The highest BCUT2D eigenvalue weighted by Gasteiger charge is 2.25. The van der Waals surface area contributed by atoms with E-state index in [1.54, 1.807) is 0 Å². The number of carboxylic acids is 1. The smallest absolute Gasteiger partial charge is 0.304 e. The van der Waals surface area contributed by atoms with Crippen molar-refractivity contribution in [3.8, 4) is 0 Å². The standard InChI is InChI=1S/C12H22N2O3/c1-2-6-13-11(15)9-14-7-4-3-5-10(14)8-12(16)17/h10H,2-9H2,1H3,(H,13,15)(H,16,17). The number of likely N-dealkylation sites (tertiary alicyclic amines) is 1. The molecule has 0 spiro atoms. The molecule has 0 aromatic rings. The lowest BCUT2D eigenvalue weighted by Crippen LogP contribution is -2.46. The van der Waals surface area contributed by atoms with Gasteiger partial charge in [-0.2, -0.15) is 0 Å². The summed E-state index contributed by atoms with van der Waals surface area (Å²) in [7, 11) is 0. The lowest BCUT2D eigenvalue weighted by atomic mass is 9.99. The predicted molar refractivity (Wildman–Crippen MR) is 64.8 cm³/mol. The summed E-state index contributed by atoms with van der Waals surface area (Å²) in [6.45, 7) is 3.86. The van der Waals surface area contributed by atoms with Crippen LogP contribution in [0, 0.1) is 0 Å². The second-order valence-corrected chi connectivity index (χ2v) is 4.57. The van der Waals surface area contributed by atoms with Gasteiger partial charge in [0, 0.05) is 12.6 Å². The Bertz CT molecular complexity index is 268. The van der Waals surface area contributed by atoms with Gasteiger partial charge in [0.1, 0.15) is 0 Å². The Morgan fingerprint density at radius 1 is 1.41 bits per heavy atom. The summed E-state index contributed by atoms with van der Waals surface area (Å²) in [4.78, 5) is 24.3. The van der Waals surface area contributed by atoms with Crippen LogP contribution in [0.4, 0.5) is 0 Å². The van der Waals surface area contributed by atoms with Crippen molar-refractivity contribution in [2.24, 2.45) is 0 Å². The van der Waals surface area contributed by atoms with E-state index >= 15 is 0 Å². The maximum absolute atomic E-state index is 11.6. The van der Waals surface area contributed by atoms with Gasteiger partial charge in [-0.05, 0) is 25.8 Å². The van der Waals surface area contributed by atoms with Crippen molar-refractivity contribution >= 4 is 11.9 Å². The largest absolute Gasteiger partial charge is 0.481 e. The van der Waals surface area contributed by atoms with Crippen LogP contribution in [0.3, 0.4) is 0 Å². The molecule has 0 aromatic carbocycles. The molecule has 1 unspecified atom stereocenters. The number of hydrogen-bond acceptors (Lipinski definition) is 3. The number of amides is 1. The molecule has 1 rings (SSSR count). The first-order valence-electron chi connectivity index (χ1n) is 6.36. The van der Waals surface area contributed by atoms with E-state index in [1.165, 1.54) is 0 Å². The Balaban J connectivity index is 2.41. The van der Waals surface area contributed by atoms with Crippen molar-refractivity contribution in [2.75, 3.05) is 19.6 Å². The number of hydrogen-bond donors (Lipinski definition) is 2. The molecule has 0 radical (unpaired) electrons. The summed E-state index contributed by atoms with van der Waals surface area (Å²) < 4.78 is 0. The van der Waals surface area contributed by atoms with Crippen molar-refractivity contribution in [1.29, 1.82) is 0 Å². The van der Waals surface area contributed by atoms with E-state index < -0.39 is 5.97 Å². The first-order valence-corrected chi connectivity index (χ1v) is 6.36. The molecule has 0 aliphatic carbocycles. The van der Waals surface area contributed by atoms with E-state index in [4.69, 9.17) is 5.11 Å². The lowest BCUT2D eigenvalue weighted by Gasteiger charge is -2.34. The molecule has 1 aliphatic heterocycles. The van der Waals surface area contributed by atoms with Crippen LogP contribution in [0.5, 0.6) is 0 Å². The van der Waals surface area contributed by atoms with Crippen LogP contribution in [0.1, 0.15) is 39.0 Å². The third kappa shape index (κ3) is 5.17. The van der Waals surface area contributed by atoms with Gasteiger partial charge in [-0.25, -0.2) is 0 Å². The molecule has 1 amide bonds. The van der Waals surface area contributed by atoms with Crippen molar-refractivity contribution in [2.45, 2.75) is 45.1 Å². The molecule has 1 fully saturated rings. The third-order valence-corrected chi connectivity index (χ3v) is 3.08. The second kappa shape index (κ2) is 7.27. The number of rotatable bonds is 6. The fourth-order valence-corrected chi connectivity index (χ4v) is 2.21. The lowest BCUT2D eigenvalue weighted by molar-refractivity contribution is -0.139. The Kier molecular flexibility index (Phi) is 5.97. The van der Waals surface area contributed by atoms with Gasteiger partial charge in [-0.1, -0.05) is 13.3 Å². The van der Waals surface area contributed by atoms with Crippen molar-refractivity contribution < 1.29 is 14.7 Å². The van der Waals surface area contributed by atoms with Gasteiger partial charge in [-0.15, -0.1) is 0 Å². The molecule has 0 aromatic heterocycles. The fourth-order valence-electron chi connectivity index (χ4n) is 2.21. The van der Waals surface area contributed by atoms with Gasteiger partial charge >= 0.3 is 5.97 Å². The van der Waals surface area contributed by atoms with Gasteiger partial charge in [0.2, 0.25) is 5.91 Å². The molecular formula is C12H22N2O3. The Morgan fingerprint density at radius 3 is 2.82 bits per heavy atom. The first-order chi connectivity index (χ1) is 8.13. The quantitative estimate of drug-likeness (QED) is 0.724. The number of aliphatic carboxylic acids is 1. The van der Waals surface area contributed by atoms with Crippen LogP contribution >= 0.6 is 0 Å². The molecule has 5 nitrogen and oxygen atoms in total. The molecule has 1 aliphatic rings. The Morgan fingerprint density at radius 2 is 2.18 bits per heavy atom. The van der Waals surface area contributed by atoms with E-state index in [-0.39, 0.29) is 18.4 Å². The number of carbonyl (C=O) groups is 2. The molecule has 1 heterocycles. The van der Waals surface area contributed by atoms with Crippen LogP contribution in [0.25, 0.3) is 0 Å². The predicted octanol–water partition coefficient (Wildman–Crippen LogP) is 0.842. The van der Waals surface area contributed by atoms with E-state index in [0.29, 0.717) is 13.1 Å². The number of carboxylic acid groups (broad SMARTS) is 1. The summed E-state index contributed by atoms with van der Waals surface area (Å²) in [6, 6.07) is 0.0219. The number of piperidine rings is 1. The van der Waals surface area contributed by atoms with Crippen LogP contribution in [-0.2, 0) is 9.59 Å². The summed E-state index contributed by atoms with van der Waals surface area (Å²) in [5.74, 6) is -0.778. The number of nitrogens with zero attached hydrogens (tertiary/aromatic N) is 1. The molecule has 98 valence electrons. The summed E-state index contributed by atoms with van der Waals surface area (Å²) >= 11 is 0. The zero-order chi connectivity index (χ0) is 12.7. The summed E-state index contributed by atoms with van der Waals surface area (Å²) in [5.41, 5.74) is 0. The van der Waals surface area contributed by atoms with Gasteiger partial charge in [-0.3, -0.25) is 14.5 Å². The summed E-state index contributed by atoms with van der Waals surface area (Å²) in [5, 5.41) is 11.7. The van der Waals surface area contributed by atoms with Gasteiger partial charge in [0.15, 0.2) is 0 Å². The minimum absolute atomic E-state index is 0.00383. The molecule has 0 saturated carbocycles. The molecule has 0 bridgehead atoms. The highest BCUT2D eigenvalue weighted by atomic mass is 16.4. The van der Waals surface area contributed by atoms with Crippen LogP contribution in [0.2, 0.25) is 0 Å². The van der Waals surface area contributed by atoms with Crippen LogP contribution in [0.15, 0.2) is 0 Å². The maximum atomic E-state index is 11.6. The minimum Gasteiger partial charge on any atom is -0.481 e. The van der Waals surface area contributed by atoms with Crippen LogP contribution < -0.4 is 5.32 Å². The Hall–Kier alpha value is -1.10.